The van der Waals surface area contributed by atoms with E-state index in [9.17, 15) is 5.11 Å². The minimum Gasteiger partial charge on any atom is -0.507 e. The molecule has 3 heteroatoms. The maximum Gasteiger partial charge on any atom is 0.129 e. The molecule has 0 aliphatic carbocycles. The fourth-order valence-corrected chi connectivity index (χ4v) is 4.14. The number of phenolic OH excluding ortho intramolecular Hbond substituents is 1. The Bertz CT molecular complexity index is 932. The van der Waals surface area contributed by atoms with E-state index < -0.39 is 0 Å². The number of nitrogens with zero attached hydrogens (tertiary/aromatic N) is 1. The van der Waals surface area contributed by atoms with Gasteiger partial charge in [0.1, 0.15) is 17.1 Å². The molecule has 1 aliphatic rings. The Labute approximate surface area is 201 Å². The van der Waals surface area contributed by atoms with Gasteiger partial charge in [0.25, 0.3) is 0 Å². The van der Waals surface area contributed by atoms with Crippen molar-refractivity contribution < 1.29 is 9.84 Å². The predicted octanol–water partition coefficient (Wildman–Crippen LogP) is 8.34. The lowest BCUT2D eigenvalue weighted by atomic mass is 9.95. The summed E-state index contributed by atoms with van der Waals surface area (Å²) in [6, 6.07) is 6.02. The van der Waals surface area contributed by atoms with Crippen LogP contribution in [0.25, 0.3) is 6.08 Å². The molecule has 0 unspecified atom stereocenters. The number of unbranched alkanes of at least 4 members (excludes halogenated alkanes) is 2. The largest absolute Gasteiger partial charge is 0.507 e. The predicted molar refractivity (Wildman–Crippen MR) is 144 cm³/mol. The van der Waals surface area contributed by atoms with Gasteiger partial charge in [0.15, 0.2) is 0 Å². The number of allylic oxidation sites excluding steroid dienone is 6. The van der Waals surface area contributed by atoms with Crippen molar-refractivity contribution in [2.75, 3.05) is 18.0 Å². The van der Waals surface area contributed by atoms with Crippen molar-refractivity contribution in [3.8, 4) is 5.75 Å². The summed E-state index contributed by atoms with van der Waals surface area (Å²) in [5.74, 6) is 1.33. The Morgan fingerprint density at radius 3 is 2.09 bits per heavy atom. The molecule has 0 saturated heterocycles. The van der Waals surface area contributed by atoms with Gasteiger partial charge >= 0.3 is 0 Å². The van der Waals surface area contributed by atoms with Gasteiger partial charge in [0.2, 0.25) is 0 Å². The summed E-state index contributed by atoms with van der Waals surface area (Å²) in [6.45, 7) is 17.0. The molecule has 0 atom stereocenters. The van der Waals surface area contributed by atoms with Crippen LogP contribution in [0.2, 0.25) is 0 Å². The molecule has 0 fully saturated rings. The SMILES string of the molecule is CCCCN(CCCC)c1ccc(/C=C/C=C/C=C/C2=C(C)C(=C(C)C)OC2(C)C)c(O)c1. The summed E-state index contributed by atoms with van der Waals surface area (Å²) >= 11 is 0. The molecule has 1 aromatic rings. The van der Waals surface area contributed by atoms with Crippen molar-refractivity contribution >= 4 is 11.8 Å². The summed E-state index contributed by atoms with van der Waals surface area (Å²) < 4.78 is 6.14. The van der Waals surface area contributed by atoms with Crippen LogP contribution in [0.4, 0.5) is 5.69 Å². The molecule has 3 nitrogen and oxygen atoms in total. The number of rotatable bonds is 11. The van der Waals surface area contributed by atoms with E-state index in [1.807, 2.05) is 42.5 Å². The van der Waals surface area contributed by atoms with Gasteiger partial charge < -0.3 is 14.7 Å². The van der Waals surface area contributed by atoms with Gasteiger partial charge in [-0.3, -0.25) is 0 Å². The number of hydrogen-bond donors (Lipinski definition) is 1. The van der Waals surface area contributed by atoms with Crippen LogP contribution in [0.3, 0.4) is 0 Å². The van der Waals surface area contributed by atoms with Crippen LogP contribution in [0, 0.1) is 0 Å². The van der Waals surface area contributed by atoms with Gasteiger partial charge in [-0.05, 0) is 70.7 Å². The minimum absolute atomic E-state index is 0.313. The van der Waals surface area contributed by atoms with Crippen molar-refractivity contribution in [1.29, 1.82) is 0 Å². The number of phenols is 1. The van der Waals surface area contributed by atoms with Crippen molar-refractivity contribution in [2.24, 2.45) is 0 Å². The molecule has 0 amide bonds. The van der Waals surface area contributed by atoms with Crippen LogP contribution < -0.4 is 4.90 Å². The highest BCUT2D eigenvalue weighted by atomic mass is 16.5. The van der Waals surface area contributed by atoms with Gasteiger partial charge in [0, 0.05) is 36.0 Å². The van der Waals surface area contributed by atoms with Crippen LogP contribution in [0.15, 0.2) is 71.1 Å². The molecular formula is C30H43NO2. The lowest BCUT2D eigenvalue weighted by Crippen LogP contribution is -2.25. The molecule has 0 radical (unpaired) electrons. The average molecular weight is 450 g/mol. The maximum absolute atomic E-state index is 10.6. The van der Waals surface area contributed by atoms with E-state index >= 15 is 0 Å². The molecule has 180 valence electrons. The number of hydrogen-bond acceptors (Lipinski definition) is 3. The molecule has 1 aromatic carbocycles. The third-order valence-corrected chi connectivity index (χ3v) is 6.02. The van der Waals surface area contributed by atoms with E-state index in [-0.39, 0.29) is 5.60 Å². The highest BCUT2D eigenvalue weighted by Crippen LogP contribution is 2.40. The van der Waals surface area contributed by atoms with E-state index in [0.717, 1.165) is 30.1 Å². The molecule has 0 bridgehead atoms. The van der Waals surface area contributed by atoms with Crippen LogP contribution in [0.1, 0.15) is 79.7 Å². The Morgan fingerprint density at radius 2 is 1.58 bits per heavy atom. The highest BCUT2D eigenvalue weighted by molar-refractivity contribution is 5.64. The smallest absolute Gasteiger partial charge is 0.129 e. The molecule has 33 heavy (non-hydrogen) atoms. The van der Waals surface area contributed by atoms with E-state index in [0.29, 0.717) is 5.75 Å². The van der Waals surface area contributed by atoms with Gasteiger partial charge in [-0.15, -0.1) is 0 Å². The lowest BCUT2D eigenvalue weighted by Gasteiger charge is -2.25. The van der Waals surface area contributed by atoms with E-state index in [2.05, 4.69) is 65.5 Å². The third-order valence-electron chi connectivity index (χ3n) is 6.02. The number of ether oxygens (including phenoxy) is 1. The van der Waals surface area contributed by atoms with E-state index in [1.165, 1.54) is 42.4 Å². The second-order valence-electron chi connectivity index (χ2n) is 9.52. The first-order valence-electron chi connectivity index (χ1n) is 12.4. The molecule has 1 aliphatic heterocycles. The Kier molecular flexibility index (Phi) is 10.1. The topological polar surface area (TPSA) is 32.7 Å². The van der Waals surface area contributed by atoms with Crippen LogP contribution >= 0.6 is 0 Å². The number of aromatic hydroxyl groups is 1. The van der Waals surface area contributed by atoms with Gasteiger partial charge in [0.05, 0.1) is 0 Å². The van der Waals surface area contributed by atoms with E-state index in [4.69, 9.17) is 4.74 Å². The van der Waals surface area contributed by atoms with Crippen LogP contribution in [-0.4, -0.2) is 23.8 Å². The fraction of sp³-hybridized carbons (Fsp3) is 0.467. The molecule has 0 spiro atoms. The summed E-state index contributed by atoms with van der Waals surface area (Å²) in [5, 5.41) is 10.6. The standard InChI is InChI=1S/C30H43NO2/c1-8-10-20-31(21-11-9-2)26-19-18-25(28(32)22-26)16-14-12-13-15-17-27-24(5)29(23(3)4)33-30(27,6)7/h12-19,22,32H,8-11,20-21H2,1-7H3/b13-12+,16-14+,17-15+. The highest BCUT2D eigenvalue weighted by Gasteiger charge is 2.34. The van der Waals surface area contributed by atoms with E-state index in [1.54, 1.807) is 0 Å². The summed E-state index contributed by atoms with van der Waals surface area (Å²) in [6.07, 6.45) is 16.8. The Hall–Kier alpha value is -2.68. The third kappa shape index (κ3) is 7.42. The monoisotopic (exact) mass is 449 g/mol. The molecular weight excluding hydrogens is 406 g/mol. The second kappa shape index (κ2) is 12.5. The molecule has 0 aromatic heterocycles. The molecule has 2 rings (SSSR count). The van der Waals surface area contributed by atoms with Crippen molar-refractivity contribution in [2.45, 2.75) is 79.8 Å². The van der Waals surface area contributed by atoms with Crippen LogP contribution in [0.5, 0.6) is 5.75 Å². The zero-order chi connectivity index (χ0) is 24.4. The number of benzene rings is 1. The van der Waals surface area contributed by atoms with Crippen molar-refractivity contribution in [3.05, 3.63) is 76.6 Å². The van der Waals surface area contributed by atoms with Crippen molar-refractivity contribution in [3.63, 3.8) is 0 Å². The summed E-state index contributed by atoms with van der Waals surface area (Å²) in [7, 11) is 0. The van der Waals surface area contributed by atoms with Gasteiger partial charge in [-0.1, -0.05) is 63.1 Å². The maximum atomic E-state index is 10.6. The molecule has 1 N–H and O–H groups in total. The van der Waals surface area contributed by atoms with Crippen molar-refractivity contribution in [1.82, 2.24) is 0 Å². The molecule has 0 saturated carbocycles. The number of anilines is 1. The fourth-order valence-electron chi connectivity index (χ4n) is 4.14. The van der Waals surface area contributed by atoms with Gasteiger partial charge in [-0.25, -0.2) is 0 Å². The quantitative estimate of drug-likeness (QED) is 0.345. The summed E-state index contributed by atoms with van der Waals surface area (Å²) in [4.78, 5) is 2.39. The first-order valence-corrected chi connectivity index (χ1v) is 12.4. The normalized spacial score (nSPS) is 15.9. The summed E-state index contributed by atoms with van der Waals surface area (Å²) in [5.41, 5.74) is 5.23. The average Bonchev–Trinajstić information content (AvgIpc) is 3.00. The first kappa shape index (κ1) is 26.6. The Morgan fingerprint density at radius 1 is 0.970 bits per heavy atom. The van der Waals surface area contributed by atoms with Crippen LogP contribution in [-0.2, 0) is 4.74 Å². The minimum atomic E-state index is -0.313. The van der Waals surface area contributed by atoms with Gasteiger partial charge in [-0.2, -0.15) is 0 Å². The first-order chi connectivity index (χ1) is 15.7. The zero-order valence-electron chi connectivity index (χ0n) is 21.7. The lowest BCUT2D eigenvalue weighted by molar-refractivity contribution is 0.0939. The Balaban J connectivity index is 2.06. The molecule has 1 heterocycles. The zero-order valence-corrected chi connectivity index (χ0v) is 21.7. The second-order valence-corrected chi connectivity index (χ2v) is 9.52.